The van der Waals surface area contributed by atoms with Crippen molar-refractivity contribution in [2.24, 2.45) is 0 Å². The van der Waals surface area contributed by atoms with Crippen molar-refractivity contribution in [2.75, 3.05) is 18.5 Å². The van der Waals surface area contributed by atoms with Gasteiger partial charge in [-0.1, -0.05) is 18.2 Å². The van der Waals surface area contributed by atoms with Crippen molar-refractivity contribution in [3.05, 3.63) is 58.7 Å². The number of carbonyl (C=O) groups excluding carboxylic acids is 4. The number of urea groups is 1. The third-order valence-corrected chi connectivity index (χ3v) is 4.55. The van der Waals surface area contributed by atoms with E-state index in [1.54, 1.807) is 25.1 Å². The summed E-state index contributed by atoms with van der Waals surface area (Å²) in [6.07, 6.45) is 1.33. The fourth-order valence-corrected chi connectivity index (χ4v) is 2.98. The molecule has 32 heavy (non-hydrogen) atoms. The van der Waals surface area contributed by atoms with E-state index in [0.29, 0.717) is 29.4 Å². The summed E-state index contributed by atoms with van der Waals surface area (Å²) >= 11 is 0. The lowest BCUT2D eigenvalue weighted by Crippen LogP contribution is -2.51. The average molecular weight is 437 g/mol. The molecule has 0 bridgehead atoms. The molecule has 9 heteroatoms. The van der Waals surface area contributed by atoms with Crippen LogP contribution >= 0.6 is 0 Å². The maximum Gasteiger partial charge on any atom is 0.328 e. The molecule has 1 aliphatic rings. The van der Waals surface area contributed by atoms with Gasteiger partial charge in [-0.3, -0.25) is 25.0 Å². The van der Waals surface area contributed by atoms with E-state index < -0.39 is 17.8 Å². The van der Waals surface area contributed by atoms with Crippen LogP contribution in [0.4, 0.5) is 10.5 Å². The number of rotatable bonds is 7. The zero-order valence-electron chi connectivity index (χ0n) is 17.9. The molecule has 3 N–H and O–H groups in total. The number of hydrogen-bond donors (Lipinski definition) is 3. The Kier molecular flexibility index (Phi) is 6.89. The highest BCUT2D eigenvalue weighted by molar-refractivity contribution is 6.31. The maximum atomic E-state index is 12.3. The maximum absolute atomic E-state index is 12.3. The van der Waals surface area contributed by atoms with Crippen LogP contribution in [0.3, 0.4) is 0 Å². The van der Waals surface area contributed by atoms with E-state index in [2.05, 4.69) is 5.32 Å². The third kappa shape index (κ3) is 5.51. The predicted octanol–water partition coefficient (Wildman–Crippen LogP) is 2.47. The van der Waals surface area contributed by atoms with E-state index in [0.717, 1.165) is 11.1 Å². The molecule has 3 rings (SSSR count). The van der Waals surface area contributed by atoms with Crippen LogP contribution in [0.1, 0.15) is 23.6 Å². The Morgan fingerprint density at radius 2 is 1.69 bits per heavy atom. The SMILES string of the molecule is CCOc1cc(C=C2C(=O)NC(=O)NC2=O)ccc1OCC(=O)Nc1cc(C)ccc1C. The van der Waals surface area contributed by atoms with Crippen molar-refractivity contribution < 1.29 is 28.7 Å². The van der Waals surface area contributed by atoms with Crippen LogP contribution in [-0.2, 0) is 14.4 Å². The fraction of sp³-hybridized carbons (Fsp3) is 0.217. The molecule has 0 aliphatic carbocycles. The van der Waals surface area contributed by atoms with Gasteiger partial charge in [0, 0.05) is 5.69 Å². The number of ether oxygens (including phenoxy) is 2. The minimum absolute atomic E-state index is 0.214. The Balaban J connectivity index is 1.73. The van der Waals surface area contributed by atoms with Crippen molar-refractivity contribution in [2.45, 2.75) is 20.8 Å². The largest absolute Gasteiger partial charge is 0.490 e. The zero-order chi connectivity index (χ0) is 23.3. The van der Waals surface area contributed by atoms with Gasteiger partial charge in [0.25, 0.3) is 17.7 Å². The summed E-state index contributed by atoms with van der Waals surface area (Å²) in [6, 6.07) is 9.66. The number of hydrogen-bond acceptors (Lipinski definition) is 6. The van der Waals surface area contributed by atoms with Gasteiger partial charge in [0.2, 0.25) is 0 Å². The minimum atomic E-state index is -0.866. The average Bonchev–Trinajstić information content (AvgIpc) is 2.73. The molecule has 166 valence electrons. The number of aryl methyl sites for hydroxylation is 2. The van der Waals surface area contributed by atoms with Gasteiger partial charge < -0.3 is 14.8 Å². The summed E-state index contributed by atoms with van der Waals surface area (Å²) in [5, 5.41) is 6.85. The van der Waals surface area contributed by atoms with E-state index in [-0.39, 0.29) is 18.1 Å². The van der Waals surface area contributed by atoms with Gasteiger partial charge in [-0.25, -0.2) is 4.79 Å². The standard InChI is InChI=1S/C23H23N3O6/c1-4-31-19-11-15(10-16-21(28)25-23(30)26-22(16)29)7-8-18(19)32-12-20(27)24-17-9-13(2)5-6-14(17)3/h5-11H,4,12H2,1-3H3,(H,24,27)(H2,25,26,28,29,30). The van der Waals surface area contributed by atoms with Gasteiger partial charge in [-0.2, -0.15) is 0 Å². The van der Waals surface area contributed by atoms with Crippen molar-refractivity contribution >= 4 is 35.5 Å². The first-order valence-corrected chi connectivity index (χ1v) is 9.92. The Morgan fingerprint density at radius 1 is 0.969 bits per heavy atom. The highest BCUT2D eigenvalue weighted by Gasteiger charge is 2.27. The third-order valence-electron chi connectivity index (χ3n) is 4.55. The molecule has 1 saturated heterocycles. The van der Waals surface area contributed by atoms with E-state index in [1.807, 2.05) is 42.7 Å². The number of benzene rings is 2. The van der Waals surface area contributed by atoms with E-state index in [1.165, 1.54) is 6.08 Å². The van der Waals surface area contributed by atoms with Crippen molar-refractivity contribution in [3.8, 4) is 11.5 Å². The summed E-state index contributed by atoms with van der Waals surface area (Å²) in [7, 11) is 0. The molecule has 2 aromatic carbocycles. The number of barbiturate groups is 1. The summed E-state index contributed by atoms with van der Waals surface area (Å²) in [5.74, 6) is -1.24. The minimum Gasteiger partial charge on any atom is -0.490 e. The Labute approximate surface area is 184 Å². The van der Waals surface area contributed by atoms with Gasteiger partial charge in [-0.15, -0.1) is 0 Å². The molecule has 0 radical (unpaired) electrons. The molecule has 5 amide bonds. The first kappa shape index (κ1) is 22.5. The molecule has 0 aromatic heterocycles. The molecular weight excluding hydrogens is 414 g/mol. The number of anilines is 1. The van der Waals surface area contributed by atoms with E-state index in [9.17, 15) is 19.2 Å². The molecule has 1 fully saturated rings. The zero-order valence-corrected chi connectivity index (χ0v) is 17.9. The van der Waals surface area contributed by atoms with Crippen LogP contribution in [0.2, 0.25) is 0 Å². The molecular formula is C23H23N3O6. The molecule has 1 heterocycles. The Hall–Kier alpha value is -4.14. The van der Waals surface area contributed by atoms with Crippen molar-refractivity contribution in [1.29, 1.82) is 0 Å². The second-order valence-corrected chi connectivity index (χ2v) is 7.09. The summed E-state index contributed by atoms with van der Waals surface area (Å²) < 4.78 is 11.2. The van der Waals surface area contributed by atoms with E-state index in [4.69, 9.17) is 9.47 Å². The lowest BCUT2D eigenvalue weighted by Gasteiger charge is -2.15. The number of nitrogens with one attached hydrogen (secondary N) is 3. The lowest BCUT2D eigenvalue weighted by molar-refractivity contribution is -0.124. The summed E-state index contributed by atoms with van der Waals surface area (Å²) in [6.45, 7) is 5.73. The molecule has 9 nitrogen and oxygen atoms in total. The first-order valence-electron chi connectivity index (χ1n) is 9.92. The van der Waals surface area contributed by atoms with Crippen LogP contribution in [0.25, 0.3) is 6.08 Å². The topological polar surface area (TPSA) is 123 Å². The van der Waals surface area contributed by atoms with E-state index >= 15 is 0 Å². The van der Waals surface area contributed by atoms with Crippen LogP contribution < -0.4 is 25.4 Å². The Bertz CT molecular complexity index is 1100. The number of carbonyl (C=O) groups is 4. The van der Waals surface area contributed by atoms with Gasteiger partial charge in [0.15, 0.2) is 18.1 Å². The molecule has 0 atom stereocenters. The van der Waals surface area contributed by atoms with Crippen LogP contribution in [0, 0.1) is 13.8 Å². The fourth-order valence-electron chi connectivity index (χ4n) is 2.98. The number of amides is 5. The highest BCUT2D eigenvalue weighted by Crippen LogP contribution is 2.29. The first-order chi connectivity index (χ1) is 15.3. The summed E-state index contributed by atoms with van der Waals surface area (Å²) in [4.78, 5) is 47.3. The van der Waals surface area contributed by atoms with Crippen LogP contribution in [-0.4, -0.2) is 37.0 Å². The molecule has 0 spiro atoms. The normalized spacial score (nSPS) is 13.2. The van der Waals surface area contributed by atoms with Gasteiger partial charge in [-0.05, 0) is 61.7 Å². The highest BCUT2D eigenvalue weighted by atomic mass is 16.5. The molecule has 2 aromatic rings. The predicted molar refractivity (Wildman–Crippen MR) is 117 cm³/mol. The number of imide groups is 2. The monoisotopic (exact) mass is 437 g/mol. The quantitative estimate of drug-likeness (QED) is 0.452. The molecule has 1 aliphatic heterocycles. The van der Waals surface area contributed by atoms with Crippen LogP contribution in [0.15, 0.2) is 42.0 Å². The second-order valence-electron chi connectivity index (χ2n) is 7.09. The second kappa shape index (κ2) is 9.78. The van der Waals surface area contributed by atoms with Gasteiger partial charge >= 0.3 is 6.03 Å². The molecule has 0 unspecified atom stereocenters. The Morgan fingerprint density at radius 3 is 2.38 bits per heavy atom. The smallest absolute Gasteiger partial charge is 0.328 e. The lowest BCUT2D eigenvalue weighted by atomic mass is 10.1. The molecule has 0 saturated carbocycles. The van der Waals surface area contributed by atoms with Gasteiger partial charge in [0.05, 0.1) is 6.61 Å². The van der Waals surface area contributed by atoms with Gasteiger partial charge in [0.1, 0.15) is 5.57 Å². The van der Waals surface area contributed by atoms with Crippen molar-refractivity contribution in [3.63, 3.8) is 0 Å². The van der Waals surface area contributed by atoms with Crippen LogP contribution in [0.5, 0.6) is 11.5 Å². The summed E-state index contributed by atoms with van der Waals surface area (Å²) in [5.41, 5.74) is 2.95. The van der Waals surface area contributed by atoms with Crippen molar-refractivity contribution in [1.82, 2.24) is 10.6 Å².